The van der Waals surface area contributed by atoms with Crippen LogP contribution in [0.5, 0.6) is 0 Å². The molecule has 1 aromatic rings. The molecular weight excluding hydrogens is 240 g/mol. The number of hydrogen-bond donors (Lipinski definition) is 2. The summed E-state index contributed by atoms with van der Waals surface area (Å²) in [5.41, 5.74) is 3.29. The number of anilines is 1. The van der Waals surface area contributed by atoms with Crippen LogP contribution in [0.15, 0.2) is 18.2 Å². The first-order valence-electron chi connectivity index (χ1n) is 6.88. The molecule has 1 aromatic carbocycles. The lowest BCUT2D eigenvalue weighted by molar-refractivity contribution is 0.188. The van der Waals surface area contributed by atoms with Crippen molar-refractivity contribution in [2.45, 2.75) is 33.6 Å². The minimum Gasteiger partial charge on any atom is -0.395 e. The molecule has 0 unspecified atom stereocenters. The molecule has 0 fully saturated rings. The van der Waals surface area contributed by atoms with Crippen molar-refractivity contribution in [2.24, 2.45) is 0 Å². The van der Waals surface area contributed by atoms with Crippen LogP contribution >= 0.6 is 0 Å². The summed E-state index contributed by atoms with van der Waals surface area (Å²) in [6.45, 7) is 7.19. The van der Waals surface area contributed by atoms with Gasteiger partial charge in [0.2, 0.25) is 0 Å². The molecule has 0 bridgehead atoms. The van der Waals surface area contributed by atoms with Gasteiger partial charge >= 0.3 is 6.03 Å². The summed E-state index contributed by atoms with van der Waals surface area (Å²) >= 11 is 0. The maximum atomic E-state index is 12.1. The van der Waals surface area contributed by atoms with E-state index < -0.39 is 0 Å². The minimum absolute atomic E-state index is 0.0124. The van der Waals surface area contributed by atoms with Crippen molar-refractivity contribution < 1.29 is 9.90 Å². The number of amides is 2. The van der Waals surface area contributed by atoms with Gasteiger partial charge in [-0.25, -0.2) is 4.79 Å². The van der Waals surface area contributed by atoms with Gasteiger partial charge in [-0.15, -0.1) is 0 Å². The second kappa shape index (κ2) is 7.79. The van der Waals surface area contributed by atoms with Gasteiger partial charge in [-0.3, -0.25) is 0 Å². The van der Waals surface area contributed by atoms with Crippen molar-refractivity contribution in [1.29, 1.82) is 0 Å². The monoisotopic (exact) mass is 264 g/mol. The summed E-state index contributed by atoms with van der Waals surface area (Å²) in [6, 6.07) is 5.79. The van der Waals surface area contributed by atoms with Gasteiger partial charge in [0, 0.05) is 18.8 Å². The zero-order chi connectivity index (χ0) is 14.3. The zero-order valence-corrected chi connectivity index (χ0v) is 12.1. The van der Waals surface area contributed by atoms with Crippen LogP contribution in [-0.4, -0.2) is 35.7 Å². The predicted octanol–water partition coefficient (Wildman–Crippen LogP) is 2.79. The van der Waals surface area contributed by atoms with Gasteiger partial charge in [0.25, 0.3) is 0 Å². The van der Waals surface area contributed by atoms with E-state index in [9.17, 15) is 4.79 Å². The molecule has 0 atom stereocenters. The Labute approximate surface area is 115 Å². The number of rotatable bonds is 6. The van der Waals surface area contributed by atoms with E-state index in [0.717, 1.165) is 18.5 Å². The number of carbonyl (C=O) groups is 1. The van der Waals surface area contributed by atoms with Crippen molar-refractivity contribution in [2.75, 3.05) is 25.0 Å². The molecule has 4 nitrogen and oxygen atoms in total. The van der Waals surface area contributed by atoms with E-state index in [-0.39, 0.29) is 12.6 Å². The average molecular weight is 264 g/mol. The summed E-state index contributed by atoms with van der Waals surface area (Å²) in [5, 5.41) is 11.9. The lowest BCUT2D eigenvalue weighted by atomic mass is 10.1. The fourth-order valence-electron chi connectivity index (χ4n) is 2.04. The van der Waals surface area contributed by atoms with Crippen LogP contribution in [0.1, 0.15) is 31.4 Å². The number of aliphatic hydroxyl groups is 1. The Morgan fingerprint density at radius 1 is 1.32 bits per heavy atom. The fourth-order valence-corrected chi connectivity index (χ4v) is 2.04. The first-order chi connectivity index (χ1) is 9.12. The SMILES string of the molecule is CCCN(CCO)C(=O)Nc1ccc(C)c(CC)c1. The smallest absolute Gasteiger partial charge is 0.321 e. The topological polar surface area (TPSA) is 52.6 Å². The molecule has 0 spiro atoms. The third-order valence-electron chi connectivity index (χ3n) is 3.13. The Morgan fingerprint density at radius 2 is 2.05 bits per heavy atom. The normalized spacial score (nSPS) is 10.3. The summed E-state index contributed by atoms with van der Waals surface area (Å²) < 4.78 is 0. The average Bonchev–Trinajstić information content (AvgIpc) is 2.40. The molecule has 0 aliphatic rings. The van der Waals surface area contributed by atoms with E-state index in [1.165, 1.54) is 11.1 Å². The molecule has 0 aliphatic carbocycles. The van der Waals surface area contributed by atoms with Gasteiger partial charge in [-0.2, -0.15) is 0 Å². The first-order valence-corrected chi connectivity index (χ1v) is 6.88. The number of urea groups is 1. The van der Waals surface area contributed by atoms with Crippen molar-refractivity contribution >= 4 is 11.7 Å². The maximum absolute atomic E-state index is 12.1. The van der Waals surface area contributed by atoms with Crippen LogP contribution in [0.3, 0.4) is 0 Å². The van der Waals surface area contributed by atoms with E-state index in [1.54, 1.807) is 4.90 Å². The summed E-state index contributed by atoms with van der Waals surface area (Å²) in [6.07, 6.45) is 1.83. The van der Waals surface area contributed by atoms with Crippen LogP contribution in [0, 0.1) is 6.92 Å². The van der Waals surface area contributed by atoms with Gasteiger partial charge in [0.1, 0.15) is 0 Å². The minimum atomic E-state index is -0.151. The highest BCUT2D eigenvalue weighted by atomic mass is 16.3. The number of aliphatic hydroxyl groups excluding tert-OH is 1. The second-order valence-electron chi connectivity index (χ2n) is 4.64. The van der Waals surface area contributed by atoms with Crippen LogP contribution in [0.4, 0.5) is 10.5 Å². The molecule has 0 aliphatic heterocycles. The van der Waals surface area contributed by atoms with E-state index in [2.05, 4.69) is 19.2 Å². The molecule has 1 rings (SSSR count). The van der Waals surface area contributed by atoms with Crippen LogP contribution in [0.25, 0.3) is 0 Å². The molecule has 0 heterocycles. The Kier molecular flexibility index (Phi) is 6.36. The maximum Gasteiger partial charge on any atom is 0.321 e. The number of nitrogens with one attached hydrogen (secondary N) is 1. The Hall–Kier alpha value is -1.55. The lowest BCUT2D eigenvalue weighted by Gasteiger charge is -2.21. The number of aryl methyl sites for hydroxylation is 2. The van der Waals surface area contributed by atoms with E-state index in [1.807, 2.05) is 25.1 Å². The van der Waals surface area contributed by atoms with Crippen molar-refractivity contribution in [3.8, 4) is 0 Å². The molecule has 4 heteroatoms. The number of nitrogens with zero attached hydrogens (tertiary/aromatic N) is 1. The second-order valence-corrected chi connectivity index (χ2v) is 4.64. The number of carbonyl (C=O) groups excluding carboxylic acids is 1. The first kappa shape index (κ1) is 15.5. The molecule has 0 saturated carbocycles. The third-order valence-corrected chi connectivity index (χ3v) is 3.13. The van der Waals surface area contributed by atoms with Crippen molar-refractivity contribution in [3.05, 3.63) is 29.3 Å². The highest BCUT2D eigenvalue weighted by molar-refractivity contribution is 5.89. The van der Waals surface area contributed by atoms with Gasteiger partial charge in [0.15, 0.2) is 0 Å². The molecule has 0 radical (unpaired) electrons. The van der Waals surface area contributed by atoms with Crippen LogP contribution in [-0.2, 0) is 6.42 Å². The van der Waals surface area contributed by atoms with E-state index in [4.69, 9.17) is 5.11 Å². The summed E-state index contributed by atoms with van der Waals surface area (Å²) in [5.74, 6) is 0. The van der Waals surface area contributed by atoms with Crippen molar-refractivity contribution in [1.82, 2.24) is 4.90 Å². The molecule has 0 saturated heterocycles. The molecule has 106 valence electrons. The quantitative estimate of drug-likeness (QED) is 0.830. The fraction of sp³-hybridized carbons (Fsp3) is 0.533. The lowest BCUT2D eigenvalue weighted by Crippen LogP contribution is -2.37. The molecule has 0 aromatic heterocycles. The van der Waals surface area contributed by atoms with Gasteiger partial charge in [0.05, 0.1) is 6.61 Å². The van der Waals surface area contributed by atoms with E-state index >= 15 is 0 Å². The molecule has 2 amide bonds. The predicted molar refractivity (Wildman–Crippen MR) is 78.5 cm³/mol. The zero-order valence-electron chi connectivity index (χ0n) is 12.1. The Balaban J connectivity index is 2.74. The van der Waals surface area contributed by atoms with Gasteiger partial charge in [-0.1, -0.05) is 19.9 Å². The van der Waals surface area contributed by atoms with E-state index in [0.29, 0.717) is 13.1 Å². The standard InChI is InChI=1S/C15H24N2O2/c1-4-8-17(9-10-18)15(19)16-14-7-6-12(3)13(5-2)11-14/h6-7,11,18H,4-5,8-10H2,1-3H3,(H,16,19). The van der Waals surface area contributed by atoms with Gasteiger partial charge in [-0.05, 0) is 43.0 Å². The highest BCUT2D eigenvalue weighted by Gasteiger charge is 2.12. The highest BCUT2D eigenvalue weighted by Crippen LogP contribution is 2.16. The van der Waals surface area contributed by atoms with Gasteiger partial charge < -0.3 is 15.3 Å². The summed E-state index contributed by atoms with van der Waals surface area (Å²) in [7, 11) is 0. The van der Waals surface area contributed by atoms with Crippen molar-refractivity contribution in [3.63, 3.8) is 0 Å². The largest absolute Gasteiger partial charge is 0.395 e. The molecule has 19 heavy (non-hydrogen) atoms. The molecule has 2 N–H and O–H groups in total. The van der Waals surface area contributed by atoms with Crippen LogP contribution < -0.4 is 5.32 Å². The Morgan fingerprint density at radius 3 is 2.63 bits per heavy atom. The van der Waals surface area contributed by atoms with Crippen LogP contribution in [0.2, 0.25) is 0 Å². The number of hydrogen-bond acceptors (Lipinski definition) is 2. The Bertz CT molecular complexity index is 413. The number of benzene rings is 1. The molecular formula is C15H24N2O2. The summed E-state index contributed by atoms with van der Waals surface area (Å²) in [4.78, 5) is 13.7. The third kappa shape index (κ3) is 4.56.